The van der Waals surface area contributed by atoms with Crippen LogP contribution in [0.15, 0.2) is 18.2 Å². The molecule has 0 amide bonds. The molecular weight excluding hydrogens is 186 g/mol. The van der Waals surface area contributed by atoms with Gasteiger partial charge in [0, 0.05) is 6.07 Å². The molecule has 1 aromatic rings. The van der Waals surface area contributed by atoms with E-state index < -0.39 is 11.0 Å². The van der Waals surface area contributed by atoms with Gasteiger partial charge in [-0.25, -0.2) is 0 Å². The van der Waals surface area contributed by atoms with Crippen molar-refractivity contribution in [2.45, 2.75) is 13.0 Å². The summed E-state index contributed by atoms with van der Waals surface area (Å²) in [5.41, 5.74) is 0.162. The SMILES string of the molecule is COc1ccc([N+](=O)[O-])c([C@H](C)O)c1. The molecule has 0 radical (unpaired) electrons. The van der Waals surface area contributed by atoms with Crippen molar-refractivity contribution in [3.63, 3.8) is 0 Å². The number of aliphatic hydroxyl groups excluding tert-OH is 1. The number of hydrogen-bond acceptors (Lipinski definition) is 4. The molecule has 1 aromatic carbocycles. The fraction of sp³-hybridized carbons (Fsp3) is 0.333. The molecule has 0 aliphatic carbocycles. The van der Waals surface area contributed by atoms with Crippen LogP contribution >= 0.6 is 0 Å². The first-order chi connectivity index (χ1) is 6.56. The Morgan fingerprint density at radius 1 is 1.57 bits per heavy atom. The van der Waals surface area contributed by atoms with Gasteiger partial charge in [0.1, 0.15) is 5.75 Å². The van der Waals surface area contributed by atoms with Crippen LogP contribution in [0.25, 0.3) is 0 Å². The van der Waals surface area contributed by atoms with Gasteiger partial charge in [-0.1, -0.05) is 0 Å². The first-order valence-electron chi connectivity index (χ1n) is 4.06. The lowest BCUT2D eigenvalue weighted by atomic mass is 10.1. The van der Waals surface area contributed by atoms with E-state index in [4.69, 9.17) is 4.74 Å². The zero-order chi connectivity index (χ0) is 10.7. The molecule has 0 aliphatic rings. The normalized spacial score (nSPS) is 12.2. The van der Waals surface area contributed by atoms with Crippen molar-refractivity contribution in [1.82, 2.24) is 0 Å². The largest absolute Gasteiger partial charge is 0.497 e. The molecule has 14 heavy (non-hydrogen) atoms. The molecular formula is C9H11NO4. The van der Waals surface area contributed by atoms with E-state index in [1.807, 2.05) is 0 Å². The van der Waals surface area contributed by atoms with Gasteiger partial charge in [-0.2, -0.15) is 0 Å². The van der Waals surface area contributed by atoms with E-state index in [2.05, 4.69) is 0 Å². The second kappa shape index (κ2) is 4.06. The Kier molecular flexibility index (Phi) is 3.03. The fourth-order valence-corrected chi connectivity index (χ4v) is 1.16. The Labute approximate surface area is 81.1 Å². The molecule has 76 valence electrons. The second-order valence-electron chi connectivity index (χ2n) is 2.86. The summed E-state index contributed by atoms with van der Waals surface area (Å²) in [5.74, 6) is 0.492. The smallest absolute Gasteiger partial charge is 0.275 e. The Morgan fingerprint density at radius 3 is 2.64 bits per heavy atom. The molecule has 0 spiro atoms. The summed E-state index contributed by atoms with van der Waals surface area (Å²) in [4.78, 5) is 10.1. The molecule has 1 atom stereocenters. The van der Waals surface area contributed by atoms with Crippen LogP contribution in [0.3, 0.4) is 0 Å². The highest BCUT2D eigenvalue weighted by atomic mass is 16.6. The second-order valence-corrected chi connectivity index (χ2v) is 2.86. The number of hydrogen-bond donors (Lipinski definition) is 1. The Bertz CT molecular complexity index is 349. The highest BCUT2D eigenvalue weighted by Gasteiger charge is 2.17. The number of ether oxygens (including phenoxy) is 1. The summed E-state index contributed by atoms with van der Waals surface area (Å²) in [6.07, 6.45) is -0.884. The molecule has 0 saturated heterocycles. The highest BCUT2D eigenvalue weighted by Crippen LogP contribution is 2.28. The third-order valence-electron chi connectivity index (χ3n) is 1.88. The Morgan fingerprint density at radius 2 is 2.21 bits per heavy atom. The zero-order valence-electron chi connectivity index (χ0n) is 7.93. The molecule has 0 unspecified atom stereocenters. The summed E-state index contributed by atoms with van der Waals surface area (Å²) in [7, 11) is 1.47. The number of rotatable bonds is 3. The van der Waals surface area contributed by atoms with E-state index in [0.717, 1.165) is 0 Å². The van der Waals surface area contributed by atoms with Gasteiger partial charge < -0.3 is 9.84 Å². The van der Waals surface area contributed by atoms with Crippen molar-refractivity contribution in [1.29, 1.82) is 0 Å². The Hall–Kier alpha value is -1.62. The van der Waals surface area contributed by atoms with Gasteiger partial charge in [0.05, 0.1) is 23.7 Å². The molecule has 1 rings (SSSR count). The fourth-order valence-electron chi connectivity index (χ4n) is 1.16. The molecule has 0 saturated carbocycles. The monoisotopic (exact) mass is 197 g/mol. The van der Waals surface area contributed by atoms with E-state index in [1.165, 1.54) is 32.2 Å². The molecule has 5 heteroatoms. The topological polar surface area (TPSA) is 72.6 Å². The van der Waals surface area contributed by atoms with E-state index in [9.17, 15) is 15.2 Å². The molecule has 0 aliphatic heterocycles. The standard InChI is InChI=1S/C9H11NO4/c1-6(11)8-5-7(14-2)3-4-9(8)10(12)13/h3-6,11H,1-2H3/t6-/m0/s1. The van der Waals surface area contributed by atoms with Crippen LogP contribution in [0, 0.1) is 10.1 Å². The van der Waals surface area contributed by atoms with Crippen LogP contribution in [-0.2, 0) is 0 Å². The van der Waals surface area contributed by atoms with Crippen LogP contribution in [0.4, 0.5) is 5.69 Å². The van der Waals surface area contributed by atoms with Gasteiger partial charge >= 0.3 is 0 Å². The third-order valence-corrected chi connectivity index (χ3v) is 1.88. The van der Waals surface area contributed by atoms with E-state index in [-0.39, 0.29) is 11.3 Å². The minimum absolute atomic E-state index is 0.0965. The predicted molar refractivity (Wildman–Crippen MR) is 50.3 cm³/mol. The molecule has 0 heterocycles. The van der Waals surface area contributed by atoms with Crippen molar-refractivity contribution in [2.75, 3.05) is 7.11 Å². The maximum absolute atomic E-state index is 10.6. The van der Waals surface area contributed by atoms with Crippen molar-refractivity contribution in [3.8, 4) is 5.75 Å². The molecule has 0 aromatic heterocycles. The van der Waals surface area contributed by atoms with Gasteiger partial charge in [-0.15, -0.1) is 0 Å². The molecule has 1 N–H and O–H groups in total. The quantitative estimate of drug-likeness (QED) is 0.590. The number of nitro groups is 1. The lowest BCUT2D eigenvalue weighted by Gasteiger charge is -2.07. The van der Waals surface area contributed by atoms with Gasteiger partial charge in [0.2, 0.25) is 0 Å². The summed E-state index contributed by atoms with van der Waals surface area (Å²) in [6.45, 7) is 1.47. The first-order valence-corrected chi connectivity index (χ1v) is 4.06. The van der Waals surface area contributed by atoms with Crippen LogP contribution in [0.2, 0.25) is 0 Å². The number of benzene rings is 1. The number of nitrogens with zero attached hydrogens (tertiary/aromatic N) is 1. The van der Waals surface area contributed by atoms with E-state index in [1.54, 1.807) is 0 Å². The Balaban J connectivity index is 3.24. The number of aliphatic hydroxyl groups is 1. The maximum atomic E-state index is 10.6. The van der Waals surface area contributed by atoms with Gasteiger partial charge in [-0.05, 0) is 19.1 Å². The zero-order valence-corrected chi connectivity index (χ0v) is 7.93. The van der Waals surface area contributed by atoms with Gasteiger partial charge in [-0.3, -0.25) is 10.1 Å². The van der Waals surface area contributed by atoms with Crippen LogP contribution < -0.4 is 4.74 Å². The van der Waals surface area contributed by atoms with Crippen molar-refractivity contribution >= 4 is 5.69 Å². The summed E-state index contributed by atoms with van der Waals surface area (Å²) >= 11 is 0. The summed E-state index contributed by atoms with van der Waals surface area (Å²) < 4.78 is 4.91. The number of methoxy groups -OCH3 is 1. The minimum atomic E-state index is -0.884. The molecule has 5 nitrogen and oxygen atoms in total. The lowest BCUT2D eigenvalue weighted by Crippen LogP contribution is -1.99. The van der Waals surface area contributed by atoms with Gasteiger partial charge in [0.25, 0.3) is 5.69 Å². The maximum Gasteiger partial charge on any atom is 0.275 e. The third kappa shape index (κ3) is 2.00. The first kappa shape index (κ1) is 10.5. The lowest BCUT2D eigenvalue weighted by molar-refractivity contribution is -0.386. The van der Waals surface area contributed by atoms with Crippen molar-refractivity contribution in [3.05, 3.63) is 33.9 Å². The van der Waals surface area contributed by atoms with Crippen molar-refractivity contribution < 1.29 is 14.8 Å². The van der Waals surface area contributed by atoms with Crippen molar-refractivity contribution in [2.24, 2.45) is 0 Å². The number of nitro benzene ring substituents is 1. The van der Waals surface area contributed by atoms with E-state index in [0.29, 0.717) is 5.75 Å². The average molecular weight is 197 g/mol. The summed E-state index contributed by atoms with van der Waals surface area (Å²) in [5, 5.41) is 19.9. The predicted octanol–water partition coefficient (Wildman–Crippen LogP) is 1.66. The van der Waals surface area contributed by atoms with Crippen LogP contribution in [0.1, 0.15) is 18.6 Å². The molecule has 0 bridgehead atoms. The summed E-state index contributed by atoms with van der Waals surface area (Å²) in [6, 6.07) is 4.27. The van der Waals surface area contributed by atoms with Gasteiger partial charge in [0.15, 0.2) is 0 Å². The van der Waals surface area contributed by atoms with Crippen LogP contribution in [0.5, 0.6) is 5.75 Å². The average Bonchev–Trinajstić information content (AvgIpc) is 2.16. The van der Waals surface area contributed by atoms with Crippen LogP contribution in [-0.4, -0.2) is 17.1 Å². The minimum Gasteiger partial charge on any atom is -0.497 e. The molecule has 0 fully saturated rings. The van der Waals surface area contributed by atoms with E-state index >= 15 is 0 Å². The highest BCUT2D eigenvalue weighted by molar-refractivity contribution is 5.46.